The predicted octanol–water partition coefficient (Wildman–Crippen LogP) is 0.856. The van der Waals surface area contributed by atoms with E-state index in [0.717, 1.165) is 12.8 Å². The van der Waals surface area contributed by atoms with E-state index in [2.05, 4.69) is 5.92 Å². The summed E-state index contributed by atoms with van der Waals surface area (Å²) in [6.07, 6.45) is 6.81. The zero-order chi connectivity index (χ0) is 9.90. The fourth-order valence-corrected chi connectivity index (χ4v) is 1.48. The molecule has 0 aromatic heterocycles. The van der Waals surface area contributed by atoms with Crippen molar-refractivity contribution in [3.05, 3.63) is 0 Å². The van der Waals surface area contributed by atoms with Gasteiger partial charge in [-0.3, -0.25) is 4.79 Å². The summed E-state index contributed by atoms with van der Waals surface area (Å²) < 4.78 is 5.12. The molecule has 2 atom stereocenters. The highest BCUT2D eigenvalue weighted by Gasteiger charge is 2.37. The summed E-state index contributed by atoms with van der Waals surface area (Å²) in [4.78, 5) is 11.1. The summed E-state index contributed by atoms with van der Waals surface area (Å²) in [5.74, 6) is 1.93. The average molecular weight is 182 g/mol. The molecule has 0 aliphatic carbocycles. The third kappa shape index (κ3) is 2.22. The molecule has 1 fully saturated rings. The first kappa shape index (κ1) is 10.1. The van der Waals surface area contributed by atoms with Crippen LogP contribution in [0.5, 0.6) is 0 Å². The molecule has 1 heterocycles. The minimum absolute atomic E-state index is 0.269. The van der Waals surface area contributed by atoms with E-state index in [1.165, 1.54) is 0 Å². The number of ether oxygens (including phenoxy) is 1. The number of hydrogen-bond acceptors (Lipinski definition) is 3. The molecule has 0 amide bonds. The van der Waals surface area contributed by atoms with Gasteiger partial charge in [-0.1, -0.05) is 5.92 Å². The van der Waals surface area contributed by atoms with Crippen molar-refractivity contribution in [1.29, 1.82) is 0 Å². The third-order valence-corrected chi connectivity index (χ3v) is 2.39. The van der Waals surface area contributed by atoms with Crippen molar-refractivity contribution in [2.45, 2.75) is 44.3 Å². The van der Waals surface area contributed by atoms with Crippen LogP contribution in [0.1, 0.15) is 32.6 Å². The van der Waals surface area contributed by atoms with Gasteiger partial charge in [0.1, 0.15) is 5.60 Å². The van der Waals surface area contributed by atoms with Crippen LogP contribution in [0.25, 0.3) is 0 Å². The summed E-state index contributed by atoms with van der Waals surface area (Å²) in [6, 6.07) is 0. The van der Waals surface area contributed by atoms with E-state index in [1.54, 1.807) is 6.92 Å². The Labute approximate surface area is 78.1 Å². The maximum atomic E-state index is 11.1. The highest BCUT2D eigenvalue weighted by atomic mass is 16.6. The smallest absolute Gasteiger partial charge is 0.306 e. The summed E-state index contributed by atoms with van der Waals surface area (Å²) in [5, 5.41) is 9.47. The predicted molar refractivity (Wildman–Crippen MR) is 47.8 cm³/mol. The summed E-state index contributed by atoms with van der Waals surface area (Å²) >= 11 is 0. The molecule has 0 bridgehead atoms. The van der Waals surface area contributed by atoms with Crippen LogP contribution < -0.4 is 0 Å². The molecule has 0 saturated carbocycles. The SMILES string of the molecule is C#C[C@H](O)[C@@]1(C)CCCCC(=O)O1. The van der Waals surface area contributed by atoms with E-state index in [1.807, 2.05) is 0 Å². The Kier molecular flexibility index (Phi) is 2.94. The van der Waals surface area contributed by atoms with Crippen LogP contribution in [-0.2, 0) is 9.53 Å². The van der Waals surface area contributed by atoms with E-state index in [4.69, 9.17) is 11.2 Å². The van der Waals surface area contributed by atoms with Crippen LogP contribution in [0, 0.1) is 12.3 Å². The van der Waals surface area contributed by atoms with Crippen molar-refractivity contribution < 1.29 is 14.6 Å². The van der Waals surface area contributed by atoms with Gasteiger partial charge in [0.2, 0.25) is 0 Å². The molecule has 72 valence electrons. The molecular formula is C10H14O3. The summed E-state index contributed by atoms with van der Waals surface area (Å²) in [6.45, 7) is 1.68. The highest BCUT2D eigenvalue weighted by molar-refractivity contribution is 5.70. The Morgan fingerprint density at radius 2 is 2.38 bits per heavy atom. The number of aliphatic hydroxyl groups is 1. The standard InChI is InChI=1S/C10H14O3/c1-3-8(11)10(2)7-5-4-6-9(12)13-10/h1,8,11H,4-7H2,2H3/t8-,10+/m0/s1. The van der Waals surface area contributed by atoms with Gasteiger partial charge < -0.3 is 9.84 Å². The molecule has 1 N–H and O–H groups in total. The zero-order valence-electron chi connectivity index (χ0n) is 7.75. The molecule has 13 heavy (non-hydrogen) atoms. The molecule has 1 rings (SSSR count). The molecule has 1 aliphatic heterocycles. The molecule has 1 aliphatic rings. The first-order valence-electron chi connectivity index (χ1n) is 4.44. The lowest BCUT2D eigenvalue weighted by atomic mass is 9.93. The second-order valence-corrected chi connectivity index (χ2v) is 3.56. The average Bonchev–Trinajstić information content (AvgIpc) is 2.26. The molecule has 0 aromatic rings. The Hall–Kier alpha value is -1.01. The number of rotatable bonds is 1. The minimum atomic E-state index is -1.01. The van der Waals surface area contributed by atoms with Gasteiger partial charge in [-0.25, -0.2) is 0 Å². The van der Waals surface area contributed by atoms with E-state index in [9.17, 15) is 9.90 Å². The van der Waals surface area contributed by atoms with Gasteiger partial charge in [-0.15, -0.1) is 6.42 Å². The molecule has 0 spiro atoms. The number of hydrogen-bond donors (Lipinski definition) is 1. The number of carbonyl (C=O) groups excluding carboxylic acids is 1. The fourth-order valence-electron chi connectivity index (χ4n) is 1.48. The minimum Gasteiger partial charge on any atom is -0.456 e. The van der Waals surface area contributed by atoms with E-state index in [-0.39, 0.29) is 5.97 Å². The first-order chi connectivity index (χ1) is 6.08. The molecule has 1 saturated heterocycles. The molecule has 0 unspecified atom stereocenters. The van der Waals surface area contributed by atoms with Gasteiger partial charge in [0.05, 0.1) is 0 Å². The third-order valence-electron chi connectivity index (χ3n) is 2.39. The number of terminal acetylenes is 1. The van der Waals surface area contributed by atoms with Crippen LogP contribution in [0.3, 0.4) is 0 Å². The molecule has 0 aromatic carbocycles. The van der Waals surface area contributed by atoms with E-state index < -0.39 is 11.7 Å². The Morgan fingerprint density at radius 3 is 3.00 bits per heavy atom. The van der Waals surface area contributed by atoms with Crippen LogP contribution in [-0.4, -0.2) is 22.8 Å². The monoisotopic (exact) mass is 182 g/mol. The fraction of sp³-hybridized carbons (Fsp3) is 0.700. The zero-order valence-corrected chi connectivity index (χ0v) is 7.75. The van der Waals surface area contributed by atoms with Crippen LogP contribution in [0.2, 0.25) is 0 Å². The van der Waals surface area contributed by atoms with Crippen molar-refractivity contribution in [3.63, 3.8) is 0 Å². The number of carbonyl (C=O) groups is 1. The molecule has 3 nitrogen and oxygen atoms in total. The Morgan fingerprint density at radius 1 is 1.69 bits per heavy atom. The molecule has 3 heteroatoms. The van der Waals surface area contributed by atoms with Gasteiger partial charge in [0.15, 0.2) is 6.10 Å². The number of aliphatic hydroxyl groups excluding tert-OH is 1. The van der Waals surface area contributed by atoms with E-state index >= 15 is 0 Å². The van der Waals surface area contributed by atoms with Gasteiger partial charge in [-0.2, -0.15) is 0 Å². The lowest BCUT2D eigenvalue weighted by molar-refractivity contribution is -0.164. The normalized spacial score (nSPS) is 31.3. The topological polar surface area (TPSA) is 46.5 Å². The second kappa shape index (κ2) is 3.80. The van der Waals surface area contributed by atoms with Crippen LogP contribution >= 0.6 is 0 Å². The van der Waals surface area contributed by atoms with E-state index in [0.29, 0.717) is 12.8 Å². The molecular weight excluding hydrogens is 168 g/mol. The van der Waals surface area contributed by atoms with Crippen molar-refractivity contribution >= 4 is 5.97 Å². The van der Waals surface area contributed by atoms with Crippen LogP contribution in [0.15, 0.2) is 0 Å². The van der Waals surface area contributed by atoms with Gasteiger partial charge in [0.25, 0.3) is 0 Å². The Balaban J connectivity index is 2.75. The number of cyclic esters (lactones) is 1. The van der Waals surface area contributed by atoms with Gasteiger partial charge >= 0.3 is 5.97 Å². The second-order valence-electron chi connectivity index (χ2n) is 3.56. The Bertz CT molecular complexity index is 241. The highest BCUT2D eigenvalue weighted by Crippen LogP contribution is 2.27. The van der Waals surface area contributed by atoms with Crippen molar-refractivity contribution in [2.75, 3.05) is 0 Å². The lowest BCUT2D eigenvalue weighted by Gasteiger charge is -2.29. The van der Waals surface area contributed by atoms with Crippen molar-refractivity contribution in [1.82, 2.24) is 0 Å². The lowest BCUT2D eigenvalue weighted by Crippen LogP contribution is -2.41. The van der Waals surface area contributed by atoms with Gasteiger partial charge in [-0.05, 0) is 26.2 Å². The summed E-state index contributed by atoms with van der Waals surface area (Å²) in [7, 11) is 0. The first-order valence-corrected chi connectivity index (χ1v) is 4.44. The maximum absolute atomic E-state index is 11.1. The van der Waals surface area contributed by atoms with Crippen molar-refractivity contribution in [3.8, 4) is 12.3 Å². The number of esters is 1. The summed E-state index contributed by atoms with van der Waals surface area (Å²) in [5.41, 5.74) is -0.887. The van der Waals surface area contributed by atoms with Gasteiger partial charge in [0, 0.05) is 6.42 Å². The maximum Gasteiger partial charge on any atom is 0.306 e. The van der Waals surface area contributed by atoms with Crippen molar-refractivity contribution in [2.24, 2.45) is 0 Å². The quantitative estimate of drug-likeness (QED) is 0.483. The largest absolute Gasteiger partial charge is 0.456 e. The van der Waals surface area contributed by atoms with Crippen LogP contribution in [0.4, 0.5) is 0 Å². The molecule has 0 radical (unpaired) electrons.